The number of amides is 1. The van der Waals surface area contributed by atoms with Crippen molar-refractivity contribution in [3.05, 3.63) is 47.5 Å². The third-order valence-corrected chi connectivity index (χ3v) is 4.97. The number of carbonyl (C=O) groups excluding carboxylic acids is 1. The van der Waals surface area contributed by atoms with Crippen LogP contribution in [0.3, 0.4) is 0 Å². The molecule has 0 saturated carbocycles. The highest BCUT2D eigenvalue weighted by atomic mass is 32.2. The van der Waals surface area contributed by atoms with Gasteiger partial charge in [-0.15, -0.1) is 11.3 Å². The Bertz CT molecular complexity index is 562. The molecule has 0 aliphatic carbocycles. The van der Waals surface area contributed by atoms with Crippen LogP contribution in [0.4, 0.5) is 0 Å². The van der Waals surface area contributed by atoms with Crippen LogP contribution < -0.4 is 0 Å². The fourth-order valence-corrected chi connectivity index (χ4v) is 3.46. The molecule has 1 amide bonds. The second kappa shape index (κ2) is 7.09. The van der Waals surface area contributed by atoms with Gasteiger partial charge in [-0.2, -0.15) is 0 Å². The van der Waals surface area contributed by atoms with E-state index >= 15 is 0 Å². The van der Waals surface area contributed by atoms with E-state index < -0.39 is 0 Å². The highest BCUT2D eigenvalue weighted by Gasteiger charge is 2.26. The third-order valence-electron chi connectivity index (χ3n) is 3.02. The van der Waals surface area contributed by atoms with Gasteiger partial charge in [0.25, 0.3) is 0 Å². The lowest BCUT2D eigenvalue weighted by Crippen LogP contribution is -2.45. The highest BCUT2D eigenvalue weighted by molar-refractivity contribution is 8.01. The van der Waals surface area contributed by atoms with E-state index in [0.29, 0.717) is 12.3 Å². The Morgan fingerprint density at radius 2 is 2.00 bits per heavy atom. The van der Waals surface area contributed by atoms with Gasteiger partial charge in [-0.1, -0.05) is 42.1 Å². The summed E-state index contributed by atoms with van der Waals surface area (Å²) >= 11 is 3.08. The first kappa shape index (κ1) is 16.0. The van der Waals surface area contributed by atoms with Crippen LogP contribution in [0.1, 0.15) is 26.3 Å². The molecule has 0 N–H and O–H groups in total. The maximum atomic E-state index is 12.6. The standard InChI is InChI=1S/C16H20N2OS2/c1-16(2,3)18(11-13-7-5-4-6-8-13)14(19)12-21-15-17-9-10-20-15/h4-10H,11-12H2,1-3H3. The van der Waals surface area contributed by atoms with E-state index in [4.69, 9.17) is 0 Å². The molecule has 21 heavy (non-hydrogen) atoms. The largest absolute Gasteiger partial charge is 0.333 e. The van der Waals surface area contributed by atoms with Crippen LogP contribution >= 0.6 is 23.1 Å². The molecule has 5 heteroatoms. The minimum absolute atomic E-state index is 0.145. The van der Waals surface area contributed by atoms with E-state index in [0.717, 1.165) is 9.90 Å². The number of rotatable bonds is 5. The van der Waals surface area contributed by atoms with Crippen molar-refractivity contribution in [2.75, 3.05) is 5.75 Å². The van der Waals surface area contributed by atoms with Crippen molar-refractivity contribution in [2.24, 2.45) is 0 Å². The summed E-state index contributed by atoms with van der Waals surface area (Å²) in [4.78, 5) is 18.7. The number of nitrogens with zero attached hydrogens (tertiary/aromatic N) is 2. The molecule has 0 spiro atoms. The Morgan fingerprint density at radius 1 is 1.29 bits per heavy atom. The number of hydrogen-bond acceptors (Lipinski definition) is 4. The molecule has 1 heterocycles. The minimum Gasteiger partial charge on any atom is -0.333 e. The number of thioether (sulfide) groups is 1. The lowest BCUT2D eigenvalue weighted by atomic mass is 10.0. The van der Waals surface area contributed by atoms with E-state index in [-0.39, 0.29) is 11.4 Å². The molecule has 0 saturated heterocycles. The van der Waals surface area contributed by atoms with Gasteiger partial charge in [-0.25, -0.2) is 4.98 Å². The van der Waals surface area contributed by atoms with Gasteiger partial charge in [0.05, 0.1) is 5.75 Å². The Labute approximate surface area is 134 Å². The molecule has 1 aromatic carbocycles. The minimum atomic E-state index is -0.198. The number of benzene rings is 1. The normalized spacial score (nSPS) is 11.4. The maximum Gasteiger partial charge on any atom is 0.233 e. The third kappa shape index (κ3) is 4.86. The predicted octanol–water partition coefficient (Wildman–Crippen LogP) is 4.06. The van der Waals surface area contributed by atoms with E-state index in [1.165, 1.54) is 11.8 Å². The number of hydrogen-bond donors (Lipinski definition) is 0. The molecule has 0 atom stereocenters. The first-order chi connectivity index (χ1) is 9.97. The molecular formula is C16H20N2OS2. The number of aromatic nitrogens is 1. The van der Waals surface area contributed by atoms with E-state index in [1.54, 1.807) is 17.5 Å². The second-order valence-electron chi connectivity index (χ2n) is 5.72. The molecule has 0 fully saturated rings. The molecule has 3 nitrogen and oxygen atoms in total. The Hall–Kier alpha value is -1.33. The van der Waals surface area contributed by atoms with Crippen molar-refractivity contribution in [1.82, 2.24) is 9.88 Å². The fourth-order valence-electron chi connectivity index (χ4n) is 1.95. The maximum absolute atomic E-state index is 12.6. The predicted molar refractivity (Wildman–Crippen MR) is 89.6 cm³/mol. The molecule has 0 bridgehead atoms. The number of thiazole rings is 1. The molecule has 2 rings (SSSR count). The van der Waals surface area contributed by atoms with Crippen molar-refractivity contribution < 1.29 is 4.79 Å². The smallest absolute Gasteiger partial charge is 0.233 e. The van der Waals surface area contributed by atoms with Gasteiger partial charge in [-0.3, -0.25) is 4.79 Å². The second-order valence-corrected chi connectivity index (χ2v) is 7.84. The van der Waals surface area contributed by atoms with Gasteiger partial charge < -0.3 is 4.90 Å². The summed E-state index contributed by atoms with van der Waals surface area (Å²) in [6, 6.07) is 10.1. The van der Waals surface area contributed by atoms with Crippen molar-refractivity contribution in [3.63, 3.8) is 0 Å². The van der Waals surface area contributed by atoms with Crippen LogP contribution in [0.2, 0.25) is 0 Å². The lowest BCUT2D eigenvalue weighted by Gasteiger charge is -2.36. The van der Waals surface area contributed by atoms with Gasteiger partial charge in [0.1, 0.15) is 4.34 Å². The molecule has 112 valence electrons. The lowest BCUT2D eigenvalue weighted by molar-refractivity contribution is -0.133. The molecule has 0 aliphatic rings. The van der Waals surface area contributed by atoms with Crippen LogP contribution in [0, 0.1) is 0 Å². The van der Waals surface area contributed by atoms with Gasteiger partial charge in [0.15, 0.2) is 0 Å². The van der Waals surface area contributed by atoms with Gasteiger partial charge >= 0.3 is 0 Å². The van der Waals surface area contributed by atoms with Crippen LogP contribution in [-0.4, -0.2) is 27.1 Å². The fraction of sp³-hybridized carbons (Fsp3) is 0.375. The van der Waals surface area contributed by atoms with Crippen LogP contribution in [-0.2, 0) is 11.3 Å². The zero-order valence-electron chi connectivity index (χ0n) is 12.6. The average molecular weight is 320 g/mol. The van der Waals surface area contributed by atoms with E-state index in [9.17, 15) is 4.79 Å². The van der Waals surface area contributed by atoms with Crippen molar-refractivity contribution in [2.45, 2.75) is 37.2 Å². The summed E-state index contributed by atoms with van der Waals surface area (Å²) in [5.74, 6) is 0.573. The van der Waals surface area contributed by atoms with Crippen LogP contribution in [0.5, 0.6) is 0 Å². The quantitative estimate of drug-likeness (QED) is 0.779. The first-order valence-electron chi connectivity index (χ1n) is 6.83. The first-order valence-corrected chi connectivity index (χ1v) is 8.70. The monoisotopic (exact) mass is 320 g/mol. The Kier molecular flexibility index (Phi) is 5.42. The topological polar surface area (TPSA) is 33.2 Å². The summed E-state index contributed by atoms with van der Waals surface area (Å²) in [5, 5.41) is 1.93. The molecule has 2 aromatic rings. The summed E-state index contributed by atoms with van der Waals surface area (Å²) in [6.45, 7) is 6.85. The van der Waals surface area contributed by atoms with Gasteiger partial charge in [-0.05, 0) is 26.3 Å². The summed E-state index contributed by atoms with van der Waals surface area (Å²) in [5.41, 5.74) is 0.955. The number of carbonyl (C=O) groups is 1. The van der Waals surface area contributed by atoms with Gasteiger partial charge in [0, 0.05) is 23.7 Å². The SMILES string of the molecule is CC(C)(C)N(Cc1ccccc1)C(=O)CSc1nccs1. The summed E-state index contributed by atoms with van der Waals surface area (Å²) in [6.07, 6.45) is 1.77. The highest BCUT2D eigenvalue weighted by Crippen LogP contribution is 2.23. The molecule has 1 aromatic heterocycles. The van der Waals surface area contributed by atoms with E-state index in [2.05, 4.69) is 37.9 Å². The van der Waals surface area contributed by atoms with Crippen molar-refractivity contribution in [1.29, 1.82) is 0 Å². The molecule has 0 unspecified atom stereocenters. The van der Waals surface area contributed by atoms with Gasteiger partial charge in [0.2, 0.25) is 5.91 Å². The molecule has 0 radical (unpaired) electrons. The molecule has 0 aliphatic heterocycles. The zero-order chi connectivity index (χ0) is 15.3. The summed E-state index contributed by atoms with van der Waals surface area (Å²) in [7, 11) is 0. The van der Waals surface area contributed by atoms with Crippen LogP contribution in [0.25, 0.3) is 0 Å². The molecular weight excluding hydrogens is 300 g/mol. The van der Waals surface area contributed by atoms with Crippen molar-refractivity contribution in [3.8, 4) is 0 Å². The summed E-state index contributed by atoms with van der Waals surface area (Å²) < 4.78 is 0.942. The van der Waals surface area contributed by atoms with Crippen molar-refractivity contribution >= 4 is 29.0 Å². The Morgan fingerprint density at radius 3 is 2.57 bits per heavy atom. The van der Waals surface area contributed by atoms with E-state index in [1.807, 2.05) is 28.5 Å². The van der Waals surface area contributed by atoms with Crippen LogP contribution in [0.15, 0.2) is 46.2 Å². The average Bonchev–Trinajstić information content (AvgIpc) is 2.95. The zero-order valence-corrected chi connectivity index (χ0v) is 14.2. The Balaban J connectivity index is 2.03.